The number of nitrogens with zero attached hydrogens (tertiary/aromatic N) is 5. The van der Waals surface area contributed by atoms with Crippen LogP contribution >= 0.6 is 11.3 Å². The third-order valence-electron chi connectivity index (χ3n) is 11.0. The Balaban J connectivity index is 0.734. The second-order valence-corrected chi connectivity index (χ2v) is 16.1. The lowest BCUT2D eigenvalue weighted by Crippen LogP contribution is -2.54. The fourth-order valence-corrected chi connectivity index (χ4v) is 8.38. The second-order valence-electron chi connectivity index (χ2n) is 15.2. The molecule has 5 aromatic rings. The van der Waals surface area contributed by atoms with Crippen molar-refractivity contribution in [1.29, 1.82) is 0 Å². The first-order valence-electron chi connectivity index (χ1n) is 20.4. The molecule has 1 unspecified atom stereocenters. The number of piperidine rings is 1. The van der Waals surface area contributed by atoms with Gasteiger partial charge in [0.1, 0.15) is 6.04 Å². The van der Waals surface area contributed by atoms with E-state index in [4.69, 9.17) is 9.72 Å². The average Bonchev–Trinajstić information content (AvgIpc) is 3.85. The Morgan fingerprint density at radius 1 is 0.919 bits per heavy atom. The van der Waals surface area contributed by atoms with Crippen molar-refractivity contribution in [2.75, 3.05) is 61.9 Å². The van der Waals surface area contributed by atoms with E-state index in [1.807, 2.05) is 71.8 Å². The number of rotatable bonds is 15. The Morgan fingerprint density at radius 3 is 2.52 bits per heavy atom. The lowest BCUT2D eigenvalue weighted by atomic mass is 10.0. The number of benzene rings is 3. The van der Waals surface area contributed by atoms with Crippen molar-refractivity contribution < 1.29 is 33.5 Å². The van der Waals surface area contributed by atoms with Crippen LogP contribution in [0.25, 0.3) is 11.3 Å². The molecule has 1 atom stereocenters. The van der Waals surface area contributed by atoms with Crippen molar-refractivity contribution in [1.82, 2.24) is 30.0 Å². The molecule has 16 nitrogen and oxygen atoms in total. The number of carbonyl (C=O) groups is 6. The summed E-state index contributed by atoms with van der Waals surface area (Å²) in [6, 6.07) is 21.0. The highest BCUT2D eigenvalue weighted by atomic mass is 32.1. The molecule has 0 bridgehead atoms. The number of hydrogen-bond donors (Lipinski definition) is 4. The second kappa shape index (κ2) is 18.8. The lowest BCUT2D eigenvalue weighted by molar-refractivity contribution is -0.136. The largest absolute Gasteiger partial charge is 0.382 e. The van der Waals surface area contributed by atoms with Gasteiger partial charge in [0.15, 0.2) is 5.13 Å². The number of thiazole rings is 1. The van der Waals surface area contributed by atoms with Gasteiger partial charge in [0.05, 0.1) is 36.5 Å². The van der Waals surface area contributed by atoms with Crippen LogP contribution in [0.2, 0.25) is 0 Å². The summed E-state index contributed by atoms with van der Waals surface area (Å²) < 4.78 is 5.73. The zero-order valence-electron chi connectivity index (χ0n) is 34.0. The van der Waals surface area contributed by atoms with E-state index < -0.39 is 29.7 Å². The number of imide groups is 2. The SMILES string of the molecule is Cc1ccc(NC(=O)c2ccc(CN3CCN(C(=O)CCOCCNc4cccc5c4C(=O)N(C4CCC(=O)NC4=O)C5=O)CC3)cc2)cc1Nc1nc(-c2cccnc2)cs1. The number of ether oxygens (including phenoxy) is 1. The number of nitrogens with one attached hydrogen (secondary N) is 4. The van der Waals surface area contributed by atoms with Gasteiger partial charge in [0.2, 0.25) is 17.7 Å². The number of aromatic nitrogens is 2. The van der Waals surface area contributed by atoms with Gasteiger partial charge in [0.25, 0.3) is 17.7 Å². The van der Waals surface area contributed by atoms with Crippen molar-refractivity contribution in [3.05, 3.63) is 118 Å². The van der Waals surface area contributed by atoms with E-state index in [1.165, 1.54) is 11.3 Å². The van der Waals surface area contributed by atoms with Crippen molar-refractivity contribution in [3.8, 4) is 11.3 Å². The van der Waals surface area contributed by atoms with Crippen LogP contribution in [0.15, 0.2) is 90.6 Å². The Kier molecular flexibility index (Phi) is 12.7. The lowest BCUT2D eigenvalue weighted by Gasteiger charge is -2.34. The van der Waals surface area contributed by atoms with Gasteiger partial charge >= 0.3 is 0 Å². The van der Waals surface area contributed by atoms with Crippen LogP contribution in [0.5, 0.6) is 0 Å². The zero-order chi connectivity index (χ0) is 43.2. The summed E-state index contributed by atoms with van der Waals surface area (Å²) in [5.41, 5.74) is 6.76. The molecule has 0 spiro atoms. The first-order valence-corrected chi connectivity index (χ1v) is 21.3. The van der Waals surface area contributed by atoms with Gasteiger partial charge in [-0.25, -0.2) is 4.98 Å². The van der Waals surface area contributed by atoms with E-state index >= 15 is 0 Å². The molecule has 2 saturated heterocycles. The normalized spacial score (nSPS) is 16.6. The number of hydrogen-bond acceptors (Lipinski definition) is 13. The molecule has 0 aliphatic carbocycles. The van der Waals surface area contributed by atoms with E-state index in [-0.39, 0.29) is 55.4 Å². The Hall–Kier alpha value is -6.82. The van der Waals surface area contributed by atoms with Crippen LogP contribution in [0.1, 0.15) is 61.5 Å². The number of aryl methyl sites for hydroxylation is 1. The Bertz CT molecular complexity index is 2500. The molecule has 0 saturated carbocycles. The number of carbonyl (C=O) groups excluding carboxylic acids is 6. The van der Waals surface area contributed by atoms with Crippen molar-refractivity contribution in [2.24, 2.45) is 0 Å². The summed E-state index contributed by atoms with van der Waals surface area (Å²) >= 11 is 1.50. The van der Waals surface area contributed by atoms with Crippen LogP contribution in [-0.2, 0) is 25.7 Å². The number of amides is 6. The van der Waals surface area contributed by atoms with Gasteiger partial charge in [-0.2, -0.15) is 0 Å². The van der Waals surface area contributed by atoms with E-state index in [9.17, 15) is 28.8 Å². The zero-order valence-corrected chi connectivity index (χ0v) is 34.8. The minimum atomic E-state index is -1.04. The summed E-state index contributed by atoms with van der Waals surface area (Å²) in [5.74, 6) is -2.43. The molecule has 3 aliphatic rings. The summed E-state index contributed by atoms with van der Waals surface area (Å²) in [5, 5.41) is 14.5. The highest BCUT2D eigenvalue weighted by Crippen LogP contribution is 2.33. The van der Waals surface area contributed by atoms with Gasteiger partial charge in [-0.15, -0.1) is 11.3 Å². The molecular formula is C45H45N9O7S. The standard InChI is InChI=1S/C45H45N9O7S/c1-28-7-12-32(24-35(28)49-45-50-36(27-62-45)31-4-3-16-46-25-31)48-41(57)30-10-8-29(9-11-30)26-52-18-20-53(21-19-52)39(56)15-22-61-23-17-47-34-6-2-5-33-40(34)44(60)54(43(33)59)37-13-14-38(55)51-42(37)58/h2-12,16,24-25,27,37,47H,13-15,17-23,26H2,1H3,(H,48,57)(H,49,50)(H,51,55,58). The first-order chi connectivity index (χ1) is 30.1. The monoisotopic (exact) mass is 855 g/mol. The number of anilines is 4. The molecule has 3 aliphatic heterocycles. The van der Waals surface area contributed by atoms with Gasteiger partial charge in [-0.05, 0) is 73.0 Å². The summed E-state index contributed by atoms with van der Waals surface area (Å²) in [4.78, 5) is 90.5. The maximum Gasteiger partial charge on any atom is 0.264 e. The summed E-state index contributed by atoms with van der Waals surface area (Å²) in [6.07, 6.45) is 3.88. The average molecular weight is 856 g/mol. The predicted octanol–water partition coefficient (Wildman–Crippen LogP) is 5.07. The molecule has 2 fully saturated rings. The smallest absolute Gasteiger partial charge is 0.264 e. The van der Waals surface area contributed by atoms with Crippen molar-refractivity contribution in [2.45, 2.75) is 38.8 Å². The quantitative estimate of drug-likeness (QED) is 0.0808. The topological polar surface area (TPSA) is 195 Å². The van der Waals surface area contributed by atoms with E-state index in [0.717, 1.165) is 51.2 Å². The summed E-state index contributed by atoms with van der Waals surface area (Å²) in [6.45, 7) is 6.16. The van der Waals surface area contributed by atoms with Gasteiger partial charge in [-0.3, -0.25) is 48.9 Å². The fourth-order valence-electron chi connectivity index (χ4n) is 7.65. The van der Waals surface area contributed by atoms with Crippen molar-refractivity contribution >= 4 is 69.0 Å². The number of piperazine rings is 1. The first kappa shape index (κ1) is 41.9. The van der Waals surface area contributed by atoms with Gasteiger partial charge < -0.3 is 25.6 Å². The Morgan fingerprint density at radius 2 is 1.74 bits per heavy atom. The molecule has 2 aromatic heterocycles. The third-order valence-corrected chi connectivity index (χ3v) is 11.8. The molecule has 17 heteroatoms. The predicted molar refractivity (Wildman–Crippen MR) is 233 cm³/mol. The minimum Gasteiger partial charge on any atom is -0.382 e. The fraction of sp³-hybridized carbons (Fsp3) is 0.289. The molecule has 0 radical (unpaired) electrons. The highest BCUT2D eigenvalue weighted by Gasteiger charge is 2.45. The molecular weight excluding hydrogens is 811 g/mol. The van der Waals surface area contributed by atoms with E-state index in [0.29, 0.717) is 43.1 Å². The Labute approximate surface area is 361 Å². The summed E-state index contributed by atoms with van der Waals surface area (Å²) in [7, 11) is 0. The van der Waals surface area contributed by atoms with E-state index in [2.05, 4.69) is 31.2 Å². The number of fused-ring (bicyclic) bond motifs is 1. The maximum atomic E-state index is 13.3. The highest BCUT2D eigenvalue weighted by molar-refractivity contribution is 7.14. The molecule has 318 valence electrons. The molecule has 8 rings (SSSR count). The van der Waals surface area contributed by atoms with Crippen LogP contribution in [-0.4, -0.2) is 112 Å². The third kappa shape index (κ3) is 9.54. The molecule has 6 amide bonds. The van der Waals surface area contributed by atoms with Gasteiger partial charge in [0, 0.05) is 91.7 Å². The molecule has 3 aromatic carbocycles. The van der Waals surface area contributed by atoms with Crippen LogP contribution < -0.4 is 21.3 Å². The van der Waals surface area contributed by atoms with Crippen molar-refractivity contribution in [3.63, 3.8) is 0 Å². The van der Waals surface area contributed by atoms with Crippen LogP contribution in [0, 0.1) is 6.92 Å². The molecule has 4 N–H and O–H groups in total. The van der Waals surface area contributed by atoms with Gasteiger partial charge in [-0.1, -0.05) is 24.3 Å². The van der Waals surface area contributed by atoms with Crippen LogP contribution in [0.3, 0.4) is 0 Å². The molecule has 5 heterocycles. The maximum absolute atomic E-state index is 13.3. The van der Waals surface area contributed by atoms with E-state index in [1.54, 1.807) is 30.6 Å². The van der Waals surface area contributed by atoms with Crippen LogP contribution in [0.4, 0.5) is 22.2 Å². The minimum absolute atomic E-state index is 0.0149. The number of pyridine rings is 1. The molecule has 62 heavy (non-hydrogen) atoms.